The topological polar surface area (TPSA) is 80.6 Å². The van der Waals surface area contributed by atoms with Crippen molar-refractivity contribution in [1.29, 1.82) is 0 Å². The lowest BCUT2D eigenvalue weighted by atomic mass is 10.1. The molecule has 0 fully saturated rings. The first-order valence-electron chi connectivity index (χ1n) is 12.4. The summed E-state index contributed by atoms with van der Waals surface area (Å²) in [7, 11) is 0. The third-order valence-corrected chi connectivity index (χ3v) is 6.09. The predicted octanol–water partition coefficient (Wildman–Crippen LogP) is 5.53. The molecule has 7 nitrogen and oxygen atoms in total. The number of carbonyl (C=O) groups excluding carboxylic acids is 2. The lowest BCUT2D eigenvalue weighted by Crippen LogP contribution is -2.32. The summed E-state index contributed by atoms with van der Waals surface area (Å²) in [5.74, 6) is 0.960. The summed E-state index contributed by atoms with van der Waals surface area (Å²) in [6.45, 7) is 5.59. The van der Waals surface area contributed by atoms with Crippen LogP contribution in [0.1, 0.15) is 64.8 Å². The van der Waals surface area contributed by atoms with E-state index in [-0.39, 0.29) is 17.9 Å². The van der Waals surface area contributed by atoms with E-state index in [9.17, 15) is 9.59 Å². The van der Waals surface area contributed by atoms with E-state index in [2.05, 4.69) is 17.4 Å². The largest absolute Gasteiger partial charge is 0.459 e. The van der Waals surface area contributed by atoms with E-state index < -0.39 is 0 Å². The van der Waals surface area contributed by atoms with Gasteiger partial charge in [0.25, 0.3) is 11.8 Å². The third kappa shape index (κ3) is 6.56. The Kier molecular flexibility index (Phi) is 8.44. The second-order valence-corrected chi connectivity index (χ2v) is 9.00. The van der Waals surface area contributed by atoms with Crippen LogP contribution >= 0.6 is 0 Å². The molecule has 4 rings (SSSR count). The van der Waals surface area contributed by atoms with Crippen LogP contribution < -0.4 is 5.32 Å². The third-order valence-electron chi connectivity index (χ3n) is 6.09. The maximum atomic E-state index is 12.8. The normalized spacial score (nSPS) is 11.8. The van der Waals surface area contributed by atoms with Gasteiger partial charge in [-0.15, -0.1) is 0 Å². The fourth-order valence-electron chi connectivity index (χ4n) is 4.17. The average molecular weight is 488 g/mol. The Morgan fingerprint density at radius 1 is 1.00 bits per heavy atom. The Labute approximate surface area is 211 Å². The zero-order valence-electron chi connectivity index (χ0n) is 20.9. The number of carbonyl (C=O) groups is 2. The fraction of sp³-hybridized carbons (Fsp3) is 0.310. The first kappa shape index (κ1) is 25.1. The van der Waals surface area contributed by atoms with Gasteiger partial charge in [-0.3, -0.25) is 9.59 Å². The smallest absolute Gasteiger partial charge is 0.289 e. The maximum Gasteiger partial charge on any atom is 0.289 e. The van der Waals surface area contributed by atoms with Gasteiger partial charge in [0.05, 0.1) is 19.4 Å². The molecule has 0 saturated carbocycles. The zero-order chi connectivity index (χ0) is 25.3. The number of hydrogen-bond donors (Lipinski definition) is 1. The van der Waals surface area contributed by atoms with Crippen LogP contribution in [0.25, 0.3) is 0 Å². The molecule has 0 aliphatic heterocycles. The van der Waals surface area contributed by atoms with Crippen LogP contribution in [0.3, 0.4) is 0 Å². The number of hydrogen-bond acceptors (Lipinski definition) is 4. The minimum absolute atomic E-state index is 0.0264. The van der Waals surface area contributed by atoms with Crippen LogP contribution in [-0.4, -0.2) is 33.9 Å². The van der Waals surface area contributed by atoms with Crippen molar-refractivity contribution in [1.82, 2.24) is 14.8 Å². The monoisotopic (exact) mass is 487 g/mol. The van der Waals surface area contributed by atoms with Gasteiger partial charge in [0.1, 0.15) is 5.76 Å². The Morgan fingerprint density at radius 3 is 2.58 bits per heavy atom. The molecule has 1 unspecified atom stereocenters. The fourth-order valence-corrected chi connectivity index (χ4v) is 4.17. The van der Waals surface area contributed by atoms with Gasteiger partial charge in [0, 0.05) is 24.5 Å². The van der Waals surface area contributed by atoms with Crippen molar-refractivity contribution in [3.63, 3.8) is 0 Å². The van der Waals surface area contributed by atoms with Crippen LogP contribution in [0.2, 0.25) is 0 Å². The van der Waals surface area contributed by atoms with Crippen molar-refractivity contribution >= 4 is 11.8 Å². The lowest BCUT2D eigenvalue weighted by Gasteiger charge is -2.22. The molecule has 1 N–H and O–H groups in total. The minimum atomic E-state index is -0.215. The van der Waals surface area contributed by atoms with E-state index in [1.54, 1.807) is 23.1 Å². The Balaban J connectivity index is 1.34. The Morgan fingerprint density at radius 2 is 1.83 bits per heavy atom. The molecule has 188 valence electrons. The summed E-state index contributed by atoms with van der Waals surface area (Å²) in [4.78, 5) is 27.3. The number of benzene rings is 1. The van der Waals surface area contributed by atoms with E-state index in [4.69, 9.17) is 8.83 Å². The SMILES string of the molecule is CCCN(Cc1cccn1Cc1ccc(C(=O)NC(C)CCc2ccccc2)o1)C(=O)c1ccco1. The summed E-state index contributed by atoms with van der Waals surface area (Å²) in [5.41, 5.74) is 2.23. The Hall–Kier alpha value is -4.00. The van der Waals surface area contributed by atoms with E-state index >= 15 is 0 Å². The number of rotatable bonds is 12. The van der Waals surface area contributed by atoms with Crippen LogP contribution in [0, 0.1) is 0 Å². The Bertz CT molecular complexity index is 1240. The second-order valence-electron chi connectivity index (χ2n) is 9.00. The first-order chi connectivity index (χ1) is 17.5. The average Bonchev–Trinajstić information content (AvgIpc) is 3.66. The highest BCUT2D eigenvalue weighted by Gasteiger charge is 2.20. The van der Waals surface area contributed by atoms with Crippen LogP contribution in [0.5, 0.6) is 0 Å². The van der Waals surface area contributed by atoms with Crippen molar-refractivity contribution < 1.29 is 18.4 Å². The molecule has 2 amide bonds. The van der Waals surface area contributed by atoms with Crippen molar-refractivity contribution in [2.45, 2.75) is 52.2 Å². The number of nitrogens with one attached hydrogen (secondary N) is 1. The van der Waals surface area contributed by atoms with Gasteiger partial charge in [-0.25, -0.2) is 0 Å². The van der Waals surface area contributed by atoms with Gasteiger partial charge >= 0.3 is 0 Å². The quantitative estimate of drug-likeness (QED) is 0.285. The second kappa shape index (κ2) is 12.1. The molecule has 3 aromatic heterocycles. The highest BCUT2D eigenvalue weighted by Crippen LogP contribution is 2.16. The van der Waals surface area contributed by atoms with Crippen molar-refractivity contribution in [3.05, 3.63) is 108 Å². The van der Waals surface area contributed by atoms with E-state index in [0.717, 1.165) is 25.0 Å². The molecule has 0 saturated heterocycles. The van der Waals surface area contributed by atoms with E-state index in [1.807, 2.05) is 61.0 Å². The molecule has 0 bridgehead atoms. The molecule has 1 atom stereocenters. The summed E-state index contributed by atoms with van der Waals surface area (Å²) in [5, 5.41) is 3.02. The molecule has 0 aliphatic rings. The standard InChI is InChI=1S/C29H33N3O4/c1-3-17-32(29(34)27-12-8-19-35-27)20-24-11-7-18-31(24)21-25-15-16-26(36-25)28(33)30-22(2)13-14-23-9-5-4-6-10-23/h4-12,15-16,18-19,22H,3,13-14,17,20-21H2,1-2H3,(H,30,33). The molecular formula is C29H33N3O4. The highest BCUT2D eigenvalue weighted by atomic mass is 16.4. The zero-order valence-corrected chi connectivity index (χ0v) is 20.9. The summed E-state index contributed by atoms with van der Waals surface area (Å²) < 4.78 is 13.2. The number of amides is 2. The van der Waals surface area contributed by atoms with Gasteiger partial charge in [-0.1, -0.05) is 37.3 Å². The van der Waals surface area contributed by atoms with Crippen molar-refractivity contribution in [3.8, 4) is 0 Å². The van der Waals surface area contributed by atoms with Crippen LogP contribution in [0.15, 0.2) is 88.0 Å². The van der Waals surface area contributed by atoms with Crippen molar-refractivity contribution in [2.75, 3.05) is 6.54 Å². The first-order valence-corrected chi connectivity index (χ1v) is 12.4. The predicted molar refractivity (Wildman–Crippen MR) is 138 cm³/mol. The van der Waals surface area contributed by atoms with Gasteiger partial charge < -0.3 is 23.6 Å². The summed E-state index contributed by atoms with van der Waals surface area (Å²) in [6, 6.07) is 21.1. The molecule has 4 aromatic rings. The van der Waals surface area contributed by atoms with Gasteiger partial charge in [0.15, 0.2) is 11.5 Å². The van der Waals surface area contributed by atoms with E-state index in [0.29, 0.717) is 36.9 Å². The number of furan rings is 2. The molecule has 0 radical (unpaired) electrons. The van der Waals surface area contributed by atoms with Gasteiger partial charge in [0.2, 0.25) is 0 Å². The van der Waals surface area contributed by atoms with Gasteiger partial charge in [-0.05, 0) is 68.1 Å². The molecule has 0 aliphatic carbocycles. The summed E-state index contributed by atoms with van der Waals surface area (Å²) >= 11 is 0. The number of aromatic nitrogens is 1. The molecule has 36 heavy (non-hydrogen) atoms. The maximum absolute atomic E-state index is 12.8. The number of nitrogens with zero attached hydrogens (tertiary/aromatic N) is 2. The lowest BCUT2D eigenvalue weighted by molar-refractivity contribution is 0.0707. The summed E-state index contributed by atoms with van der Waals surface area (Å²) in [6.07, 6.45) is 6.05. The highest BCUT2D eigenvalue weighted by molar-refractivity contribution is 5.92. The van der Waals surface area contributed by atoms with E-state index in [1.165, 1.54) is 11.8 Å². The molecule has 0 spiro atoms. The van der Waals surface area contributed by atoms with Gasteiger partial charge in [-0.2, -0.15) is 0 Å². The van der Waals surface area contributed by atoms with Crippen molar-refractivity contribution in [2.24, 2.45) is 0 Å². The molecule has 1 aromatic carbocycles. The van der Waals surface area contributed by atoms with Crippen LogP contribution in [0.4, 0.5) is 0 Å². The molecule has 3 heterocycles. The van der Waals surface area contributed by atoms with Crippen LogP contribution in [-0.2, 0) is 19.5 Å². The number of aryl methyl sites for hydroxylation is 1. The minimum Gasteiger partial charge on any atom is -0.459 e. The molecule has 7 heteroatoms. The molecular weight excluding hydrogens is 454 g/mol.